The van der Waals surface area contributed by atoms with Crippen molar-refractivity contribution in [1.82, 2.24) is 9.13 Å². The van der Waals surface area contributed by atoms with Gasteiger partial charge in [-0.2, -0.15) is 0 Å². The van der Waals surface area contributed by atoms with Gasteiger partial charge in [0.2, 0.25) is 0 Å². The zero-order valence-electron chi connectivity index (χ0n) is 14.0. The Morgan fingerprint density at radius 3 is 2.36 bits per heavy atom. The van der Waals surface area contributed by atoms with Crippen LogP contribution in [0, 0.1) is 6.92 Å². The maximum Gasteiger partial charge on any atom is 0.332 e. The standard InChI is InChI=1S/C18H16N2O4S/c1-10-14-16(23)19(3)18(24)20(17(14)25-15(10)11(2)21)9-13(22)12-7-5-4-6-8-12/h4-8H,9H2,1-3H3. The van der Waals surface area contributed by atoms with Crippen LogP contribution in [0.1, 0.15) is 32.5 Å². The van der Waals surface area contributed by atoms with E-state index >= 15 is 0 Å². The maximum absolute atomic E-state index is 12.6. The van der Waals surface area contributed by atoms with Gasteiger partial charge in [-0.3, -0.25) is 23.5 Å². The van der Waals surface area contributed by atoms with Gasteiger partial charge in [0.25, 0.3) is 5.56 Å². The van der Waals surface area contributed by atoms with Gasteiger partial charge >= 0.3 is 5.69 Å². The molecule has 2 heterocycles. The summed E-state index contributed by atoms with van der Waals surface area (Å²) in [5.41, 5.74) is 0.00766. The Balaban J connectivity index is 2.26. The van der Waals surface area contributed by atoms with Gasteiger partial charge in [0.1, 0.15) is 4.83 Å². The van der Waals surface area contributed by atoms with E-state index in [0.717, 1.165) is 15.9 Å². The van der Waals surface area contributed by atoms with Crippen LogP contribution in [0.25, 0.3) is 10.2 Å². The highest BCUT2D eigenvalue weighted by atomic mass is 32.1. The zero-order chi connectivity index (χ0) is 18.3. The highest BCUT2D eigenvalue weighted by Crippen LogP contribution is 2.28. The van der Waals surface area contributed by atoms with Gasteiger partial charge < -0.3 is 0 Å². The van der Waals surface area contributed by atoms with Gasteiger partial charge in [-0.25, -0.2) is 4.79 Å². The third-order valence-corrected chi connectivity index (χ3v) is 5.54. The lowest BCUT2D eigenvalue weighted by Gasteiger charge is -2.09. The average molecular weight is 356 g/mol. The molecule has 7 heteroatoms. The van der Waals surface area contributed by atoms with E-state index in [1.807, 2.05) is 0 Å². The maximum atomic E-state index is 12.6. The molecule has 0 unspecified atom stereocenters. The minimum Gasteiger partial charge on any atom is -0.294 e. The first-order chi connectivity index (χ1) is 11.8. The van der Waals surface area contributed by atoms with Crippen molar-refractivity contribution in [2.45, 2.75) is 20.4 Å². The molecular weight excluding hydrogens is 340 g/mol. The van der Waals surface area contributed by atoms with Crippen molar-refractivity contribution in [2.24, 2.45) is 7.05 Å². The predicted octanol–water partition coefficient (Wildman–Crippen LogP) is 2.16. The van der Waals surface area contributed by atoms with E-state index in [0.29, 0.717) is 26.2 Å². The normalized spacial score (nSPS) is 11.0. The number of carbonyl (C=O) groups excluding carboxylic acids is 2. The number of hydrogen-bond donors (Lipinski definition) is 0. The lowest BCUT2D eigenvalue weighted by atomic mass is 10.1. The lowest BCUT2D eigenvalue weighted by molar-refractivity contribution is 0.0970. The Morgan fingerprint density at radius 2 is 1.76 bits per heavy atom. The van der Waals surface area contributed by atoms with E-state index in [1.54, 1.807) is 37.3 Å². The molecule has 2 aromatic heterocycles. The summed E-state index contributed by atoms with van der Waals surface area (Å²) in [6.45, 7) is 2.91. The van der Waals surface area contributed by atoms with Crippen LogP contribution < -0.4 is 11.2 Å². The molecule has 0 amide bonds. The molecular formula is C18H16N2O4S. The Morgan fingerprint density at radius 1 is 1.12 bits per heavy atom. The number of hydrogen-bond acceptors (Lipinski definition) is 5. The molecule has 0 spiro atoms. The van der Waals surface area contributed by atoms with E-state index in [2.05, 4.69) is 0 Å². The van der Waals surface area contributed by atoms with E-state index in [9.17, 15) is 19.2 Å². The number of Topliss-reactive ketones (excluding diaryl/α,β-unsaturated/α-hetero) is 2. The van der Waals surface area contributed by atoms with Gasteiger partial charge in [-0.15, -0.1) is 11.3 Å². The molecule has 0 fully saturated rings. The fourth-order valence-corrected chi connectivity index (χ4v) is 3.98. The van der Waals surface area contributed by atoms with Gasteiger partial charge in [-0.05, 0) is 19.4 Å². The van der Waals surface area contributed by atoms with E-state index in [-0.39, 0.29) is 18.1 Å². The third kappa shape index (κ3) is 2.76. The smallest absolute Gasteiger partial charge is 0.294 e. The molecule has 25 heavy (non-hydrogen) atoms. The van der Waals surface area contributed by atoms with Crippen LogP contribution in [-0.4, -0.2) is 20.7 Å². The number of aryl methyl sites for hydroxylation is 1. The summed E-state index contributed by atoms with van der Waals surface area (Å²) in [4.78, 5) is 50.2. The summed E-state index contributed by atoms with van der Waals surface area (Å²) in [5.74, 6) is -0.410. The second-order valence-electron chi connectivity index (χ2n) is 5.81. The number of carbonyl (C=O) groups is 2. The highest BCUT2D eigenvalue weighted by molar-refractivity contribution is 7.20. The zero-order valence-corrected chi connectivity index (χ0v) is 14.8. The van der Waals surface area contributed by atoms with Gasteiger partial charge in [0.15, 0.2) is 11.6 Å². The van der Waals surface area contributed by atoms with Crippen LogP contribution >= 0.6 is 11.3 Å². The van der Waals surface area contributed by atoms with Crippen LogP contribution in [0.5, 0.6) is 0 Å². The number of thiophene rings is 1. The van der Waals surface area contributed by atoms with Crippen LogP contribution in [0.4, 0.5) is 0 Å². The fraction of sp³-hybridized carbons (Fsp3) is 0.222. The summed E-state index contributed by atoms with van der Waals surface area (Å²) in [5, 5.41) is 0.318. The molecule has 0 atom stereocenters. The molecule has 0 aliphatic rings. The topological polar surface area (TPSA) is 78.1 Å². The number of rotatable bonds is 4. The number of ketones is 2. The van der Waals surface area contributed by atoms with Crippen LogP contribution in [-0.2, 0) is 13.6 Å². The number of nitrogens with zero attached hydrogens (tertiary/aromatic N) is 2. The number of fused-ring (bicyclic) bond motifs is 1. The highest BCUT2D eigenvalue weighted by Gasteiger charge is 2.21. The average Bonchev–Trinajstić information content (AvgIpc) is 2.95. The molecule has 1 aromatic carbocycles. The van der Waals surface area contributed by atoms with Crippen molar-refractivity contribution in [3.63, 3.8) is 0 Å². The molecule has 0 aliphatic heterocycles. The monoisotopic (exact) mass is 356 g/mol. The summed E-state index contributed by atoms with van der Waals surface area (Å²) in [7, 11) is 1.37. The molecule has 0 radical (unpaired) electrons. The fourth-order valence-electron chi connectivity index (χ4n) is 2.80. The molecule has 0 aliphatic carbocycles. The number of aromatic nitrogens is 2. The van der Waals surface area contributed by atoms with Crippen LogP contribution in [0.3, 0.4) is 0 Å². The lowest BCUT2D eigenvalue weighted by Crippen LogP contribution is -2.39. The summed E-state index contributed by atoms with van der Waals surface area (Å²) < 4.78 is 2.25. The van der Waals surface area contributed by atoms with E-state index in [4.69, 9.17) is 0 Å². The molecule has 3 aromatic rings. The summed E-state index contributed by atoms with van der Waals surface area (Å²) in [6.07, 6.45) is 0. The van der Waals surface area contributed by atoms with E-state index in [1.165, 1.54) is 18.5 Å². The first-order valence-electron chi connectivity index (χ1n) is 7.65. The molecule has 3 rings (SSSR count). The van der Waals surface area contributed by atoms with Crippen LogP contribution in [0.15, 0.2) is 39.9 Å². The Hall–Kier alpha value is -2.80. The summed E-state index contributed by atoms with van der Waals surface area (Å²) >= 11 is 1.08. The first-order valence-corrected chi connectivity index (χ1v) is 8.46. The van der Waals surface area contributed by atoms with E-state index < -0.39 is 11.2 Å². The van der Waals surface area contributed by atoms with Crippen molar-refractivity contribution in [2.75, 3.05) is 0 Å². The van der Waals surface area contributed by atoms with Crippen molar-refractivity contribution in [3.8, 4) is 0 Å². The largest absolute Gasteiger partial charge is 0.332 e. The second kappa shape index (κ2) is 6.25. The van der Waals surface area contributed by atoms with Crippen molar-refractivity contribution >= 4 is 33.1 Å². The Kier molecular flexibility index (Phi) is 4.26. The Bertz CT molecular complexity index is 1120. The summed E-state index contributed by atoms with van der Waals surface area (Å²) in [6, 6.07) is 8.64. The third-order valence-electron chi connectivity index (χ3n) is 4.13. The molecule has 0 saturated carbocycles. The second-order valence-corrected chi connectivity index (χ2v) is 6.81. The molecule has 0 bridgehead atoms. The molecule has 6 nitrogen and oxygen atoms in total. The van der Waals surface area contributed by atoms with Crippen molar-refractivity contribution < 1.29 is 9.59 Å². The van der Waals surface area contributed by atoms with Gasteiger partial charge in [0, 0.05) is 12.6 Å². The molecule has 0 saturated heterocycles. The van der Waals surface area contributed by atoms with Gasteiger partial charge in [0.05, 0.1) is 16.8 Å². The molecule has 0 N–H and O–H groups in total. The number of benzene rings is 1. The van der Waals surface area contributed by atoms with Crippen LogP contribution in [0.2, 0.25) is 0 Å². The van der Waals surface area contributed by atoms with Gasteiger partial charge in [-0.1, -0.05) is 30.3 Å². The minimum atomic E-state index is -0.571. The minimum absolute atomic E-state index is 0.172. The predicted molar refractivity (Wildman–Crippen MR) is 96.8 cm³/mol. The first kappa shape index (κ1) is 17.0. The van der Waals surface area contributed by atoms with Crippen molar-refractivity contribution in [3.05, 3.63) is 67.2 Å². The SMILES string of the molecule is CC(=O)c1sc2c(c1C)c(=O)n(C)c(=O)n2CC(=O)c1ccccc1. The quantitative estimate of drug-likeness (QED) is 0.671. The van der Waals surface area contributed by atoms with Crippen molar-refractivity contribution in [1.29, 1.82) is 0 Å². The molecule has 128 valence electrons. The Labute approximate surface area is 147 Å².